The number of rotatable bonds is 6. The molecule has 0 bridgehead atoms. The van der Waals surface area contributed by atoms with Crippen LogP contribution < -0.4 is 5.19 Å². The fraction of sp³-hybridized carbons (Fsp3) is 0.189. The normalized spacial score (nSPS) is 11.1. The average molecular weight is 761 g/mol. The van der Waals surface area contributed by atoms with Crippen molar-refractivity contribution in [2.24, 2.45) is 5.92 Å². The molecule has 215 valence electrons. The van der Waals surface area contributed by atoms with Gasteiger partial charge in [-0.1, -0.05) is 81.5 Å². The quantitative estimate of drug-likeness (QED) is 0.125. The molecular formula is C37H36IrN2SSi-2. The Balaban J connectivity index is 0.000000189. The Labute approximate surface area is 269 Å². The molecule has 0 unspecified atom stereocenters. The first-order valence-corrected chi connectivity index (χ1v) is 18.5. The summed E-state index contributed by atoms with van der Waals surface area (Å²) in [4.78, 5) is 10.5. The van der Waals surface area contributed by atoms with Crippen molar-refractivity contribution in [3.8, 4) is 33.0 Å². The second-order valence-electron chi connectivity index (χ2n) is 11.7. The van der Waals surface area contributed by atoms with Crippen molar-refractivity contribution in [3.63, 3.8) is 0 Å². The van der Waals surface area contributed by atoms with Gasteiger partial charge in [0, 0.05) is 47.5 Å². The molecule has 0 saturated carbocycles. The number of aromatic nitrogens is 2. The van der Waals surface area contributed by atoms with Crippen molar-refractivity contribution in [2.45, 2.75) is 39.9 Å². The first-order chi connectivity index (χ1) is 19.8. The second kappa shape index (κ2) is 14.3. The first kappa shape index (κ1) is 31.7. The maximum absolute atomic E-state index is 4.69. The van der Waals surface area contributed by atoms with Gasteiger partial charge in [0.2, 0.25) is 0 Å². The standard InChI is InChI=1S/C19H12NS.C18H24NSi.Ir/c1-3-7-14(8-4-1)17-12-19-16(13-20-17)11-18(21-19)15-9-5-2-6-10-15;1-14(2)11-16-12-17(15-9-7-6-8-10-15)19-13-18(16)20(3,4)5;/h1-7,9-13H;6-9,12-14H,11H2,1-5H3;/q2*-1;. The Morgan fingerprint density at radius 1 is 0.738 bits per heavy atom. The third-order valence-corrected chi connectivity index (χ3v) is 10.1. The van der Waals surface area contributed by atoms with Crippen LogP contribution in [0.4, 0.5) is 0 Å². The molecule has 5 heteroatoms. The fourth-order valence-corrected chi connectivity index (χ4v) is 7.53. The van der Waals surface area contributed by atoms with Crippen molar-refractivity contribution in [1.82, 2.24) is 9.97 Å². The Kier molecular flexibility index (Phi) is 10.8. The summed E-state index contributed by atoms with van der Waals surface area (Å²) in [5, 5.41) is 2.68. The van der Waals surface area contributed by atoms with E-state index in [0.29, 0.717) is 5.92 Å². The summed E-state index contributed by atoms with van der Waals surface area (Å²) in [6, 6.07) is 39.6. The van der Waals surface area contributed by atoms with Gasteiger partial charge in [-0.3, -0.25) is 0 Å². The van der Waals surface area contributed by atoms with Crippen LogP contribution >= 0.6 is 11.3 Å². The zero-order valence-corrected chi connectivity index (χ0v) is 29.0. The van der Waals surface area contributed by atoms with Crippen LogP contribution in [-0.2, 0) is 26.5 Å². The number of hydrogen-bond donors (Lipinski definition) is 0. The molecule has 3 aromatic heterocycles. The molecule has 2 nitrogen and oxygen atoms in total. The van der Waals surface area contributed by atoms with Crippen molar-refractivity contribution < 1.29 is 20.1 Å². The first-order valence-electron chi connectivity index (χ1n) is 14.2. The Morgan fingerprint density at radius 2 is 1.33 bits per heavy atom. The number of thiophene rings is 1. The van der Waals surface area contributed by atoms with Crippen molar-refractivity contribution in [2.75, 3.05) is 0 Å². The minimum absolute atomic E-state index is 0. The van der Waals surface area contributed by atoms with Crippen LogP contribution in [0, 0.1) is 18.1 Å². The van der Waals surface area contributed by atoms with Crippen LogP contribution in [0.2, 0.25) is 19.6 Å². The van der Waals surface area contributed by atoms with E-state index in [1.54, 1.807) is 11.3 Å². The average Bonchev–Trinajstić information content (AvgIpc) is 3.42. The second-order valence-corrected chi connectivity index (χ2v) is 17.8. The van der Waals surface area contributed by atoms with E-state index in [-0.39, 0.29) is 20.1 Å². The summed E-state index contributed by atoms with van der Waals surface area (Å²) in [7, 11) is -1.34. The summed E-state index contributed by atoms with van der Waals surface area (Å²) in [6.45, 7) is 11.7. The van der Waals surface area contributed by atoms with Gasteiger partial charge in [0.05, 0.1) is 8.07 Å². The predicted molar refractivity (Wildman–Crippen MR) is 179 cm³/mol. The summed E-state index contributed by atoms with van der Waals surface area (Å²) in [6.07, 6.45) is 5.19. The summed E-state index contributed by atoms with van der Waals surface area (Å²) >= 11 is 1.81. The molecule has 1 radical (unpaired) electrons. The molecule has 0 N–H and O–H groups in total. The number of pyridine rings is 2. The van der Waals surface area contributed by atoms with Gasteiger partial charge in [0.1, 0.15) is 0 Å². The van der Waals surface area contributed by atoms with Gasteiger partial charge in [0.25, 0.3) is 0 Å². The van der Waals surface area contributed by atoms with E-state index >= 15 is 0 Å². The van der Waals surface area contributed by atoms with Gasteiger partial charge < -0.3 is 9.97 Å². The molecule has 3 heterocycles. The number of hydrogen-bond acceptors (Lipinski definition) is 3. The number of benzene rings is 3. The molecule has 42 heavy (non-hydrogen) atoms. The van der Waals surface area contributed by atoms with Crippen LogP contribution in [0.3, 0.4) is 0 Å². The van der Waals surface area contributed by atoms with Crippen molar-refractivity contribution in [1.29, 1.82) is 0 Å². The van der Waals surface area contributed by atoms with E-state index in [4.69, 9.17) is 0 Å². The molecule has 6 rings (SSSR count). The minimum atomic E-state index is -1.34. The van der Waals surface area contributed by atoms with E-state index in [1.807, 2.05) is 54.7 Å². The molecule has 0 saturated heterocycles. The largest absolute Gasteiger partial charge is 0.305 e. The van der Waals surface area contributed by atoms with Crippen LogP contribution in [-0.4, -0.2) is 18.0 Å². The molecule has 0 aliphatic carbocycles. The van der Waals surface area contributed by atoms with Gasteiger partial charge >= 0.3 is 0 Å². The molecule has 0 aliphatic heterocycles. The Morgan fingerprint density at radius 3 is 1.90 bits per heavy atom. The maximum atomic E-state index is 4.69. The number of fused-ring (bicyclic) bond motifs is 1. The monoisotopic (exact) mass is 761 g/mol. The molecule has 0 atom stereocenters. The Hall–Kier alpha value is -3.21. The summed E-state index contributed by atoms with van der Waals surface area (Å²) in [5.41, 5.74) is 6.87. The van der Waals surface area contributed by atoms with Crippen molar-refractivity contribution in [3.05, 3.63) is 127 Å². The summed E-state index contributed by atoms with van der Waals surface area (Å²) in [5.74, 6) is 0.667. The fourth-order valence-electron chi connectivity index (χ4n) is 4.86. The van der Waals surface area contributed by atoms with Crippen LogP contribution in [0.1, 0.15) is 19.4 Å². The van der Waals surface area contributed by atoms with Gasteiger partial charge in [0.15, 0.2) is 0 Å². The smallest absolute Gasteiger partial charge is 0.0798 e. The maximum Gasteiger partial charge on any atom is 0.0798 e. The van der Waals surface area contributed by atoms with E-state index < -0.39 is 8.07 Å². The van der Waals surface area contributed by atoms with E-state index in [0.717, 1.165) is 28.9 Å². The zero-order chi connectivity index (χ0) is 28.8. The molecule has 6 aromatic rings. The third-order valence-electron chi connectivity index (χ3n) is 6.86. The Bertz CT molecular complexity index is 1670. The molecule has 0 aliphatic rings. The molecular weight excluding hydrogens is 725 g/mol. The van der Waals surface area contributed by atoms with Gasteiger partial charge in [-0.15, -0.1) is 83.1 Å². The van der Waals surface area contributed by atoms with Crippen LogP contribution in [0.5, 0.6) is 0 Å². The number of nitrogens with zero attached hydrogens (tertiary/aromatic N) is 2. The topological polar surface area (TPSA) is 25.8 Å². The molecule has 0 fully saturated rings. The molecule has 0 amide bonds. The van der Waals surface area contributed by atoms with Gasteiger partial charge in [-0.25, -0.2) is 0 Å². The predicted octanol–water partition coefficient (Wildman–Crippen LogP) is 9.72. The zero-order valence-electron chi connectivity index (χ0n) is 24.8. The van der Waals surface area contributed by atoms with Gasteiger partial charge in [-0.2, -0.15) is 0 Å². The summed E-state index contributed by atoms with van der Waals surface area (Å²) < 4.78 is 1.26. The van der Waals surface area contributed by atoms with Crippen LogP contribution in [0.25, 0.3) is 43.0 Å². The SMILES string of the molecule is CC(C)Cc1cc(-c2[c-]cccc2)ncc1[Si](C)(C)C.[Ir].[c-]1ccccc1-c1cc2sc(-c3ccccc3)cc2cn1. The van der Waals surface area contributed by atoms with E-state index in [1.165, 1.54) is 31.3 Å². The van der Waals surface area contributed by atoms with Crippen LogP contribution in [0.15, 0.2) is 109 Å². The minimum Gasteiger partial charge on any atom is -0.305 e. The molecule has 0 spiro atoms. The van der Waals surface area contributed by atoms with Gasteiger partial charge in [-0.05, 0) is 40.5 Å². The van der Waals surface area contributed by atoms with E-state index in [9.17, 15) is 0 Å². The van der Waals surface area contributed by atoms with E-state index in [2.05, 4.69) is 110 Å². The van der Waals surface area contributed by atoms with Crippen molar-refractivity contribution >= 4 is 34.7 Å². The molecule has 3 aromatic carbocycles. The third kappa shape index (κ3) is 7.99.